The highest BCUT2D eigenvalue weighted by molar-refractivity contribution is 9.10. The van der Waals surface area contributed by atoms with E-state index in [-0.39, 0.29) is 4.75 Å². The summed E-state index contributed by atoms with van der Waals surface area (Å²) in [4.78, 5) is 3.11. The van der Waals surface area contributed by atoms with E-state index in [0.29, 0.717) is 4.99 Å². The third-order valence-electron chi connectivity index (χ3n) is 4.13. The highest BCUT2D eigenvalue weighted by Crippen LogP contribution is 2.35. The molecule has 1 aromatic rings. The number of thioether (sulfide) groups is 1. The molecule has 0 aromatic heterocycles. The summed E-state index contributed by atoms with van der Waals surface area (Å²) in [6.45, 7) is 3.01. The molecule has 2 N–H and O–H groups in total. The third-order valence-corrected chi connectivity index (χ3v) is 6.68. The maximum atomic E-state index is 5.93. The number of halogens is 1. The number of nitrogens with zero attached hydrogens (tertiary/aromatic N) is 1. The number of nitrogens with two attached hydrogens (primary N) is 1. The van der Waals surface area contributed by atoms with Crippen LogP contribution in [0.3, 0.4) is 0 Å². The van der Waals surface area contributed by atoms with Crippen LogP contribution < -0.4 is 10.5 Å². The zero-order valence-corrected chi connectivity index (χ0v) is 15.6. The van der Waals surface area contributed by atoms with Crippen molar-refractivity contribution >= 4 is 44.9 Å². The molecule has 1 aliphatic rings. The van der Waals surface area contributed by atoms with Gasteiger partial charge in [0.25, 0.3) is 0 Å². The second kappa shape index (κ2) is 7.31. The number of thiocarbonyl (C=S) groups is 1. The van der Waals surface area contributed by atoms with Crippen LogP contribution in [-0.2, 0) is 6.54 Å². The van der Waals surface area contributed by atoms with Crippen LogP contribution in [0.4, 0.5) is 0 Å². The summed E-state index contributed by atoms with van der Waals surface area (Å²) < 4.78 is 6.26. The molecular weight excluding hydrogens is 368 g/mol. The first kappa shape index (κ1) is 17.1. The maximum absolute atomic E-state index is 5.93. The molecule has 2 rings (SSSR count). The molecule has 1 aliphatic heterocycles. The Labute approximate surface area is 144 Å². The lowest BCUT2D eigenvalue weighted by Crippen LogP contribution is -2.48. The van der Waals surface area contributed by atoms with Gasteiger partial charge in [-0.15, -0.1) is 0 Å². The van der Waals surface area contributed by atoms with Gasteiger partial charge in [-0.2, -0.15) is 11.8 Å². The van der Waals surface area contributed by atoms with Gasteiger partial charge in [0.2, 0.25) is 0 Å². The minimum Gasteiger partial charge on any atom is -0.496 e. The van der Waals surface area contributed by atoms with Crippen molar-refractivity contribution < 1.29 is 4.74 Å². The monoisotopic (exact) mass is 388 g/mol. The van der Waals surface area contributed by atoms with E-state index < -0.39 is 0 Å². The van der Waals surface area contributed by atoms with Gasteiger partial charge in [-0.3, -0.25) is 4.90 Å². The fourth-order valence-corrected chi connectivity index (χ4v) is 4.52. The molecule has 0 saturated carbocycles. The fourth-order valence-electron chi connectivity index (χ4n) is 2.69. The first-order valence-corrected chi connectivity index (χ1v) is 9.33. The van der Waals surface area contributed by atoms with E-state index in [2.05, 4.69) is 39.2 Å². The second-order valence-electron chi connectivity index (χ2n) is 5.31. The zero-order valence-electron chi connectivity index (χ0n) is 12.4. The van der Waals surface area contributed by atoms with Gasteiger partial charge in [-0.25, -0.2) is 0 Å². The summed E-state index contributed by atoms with van der Waals surface area (Å²) in [5, 5.41) is 0. The molecular formula is C15H21BrN2OS2. The van der Waals surface area contributed by atoms with Crippen LogP contribution in [-0.4, -0.2) is 41.1 Å². The summed E-state index contributed by atoms with van der Waals surface area (Å²) in [6.07, 6.45) is 4.16. The van der Waals surface area contributed by atoms with Crippen LogP contribution >= 0.6 is 39.9 Å². The molecule has 0 radical (unpaired) electrons. The smallest absolute Gasteiger partial charge is 0.133 e. The lowest BCUT2D eigenvalue weighted by Gasteiger charge is -2.40. The number of benzene rings is 1. The first-order chi connectivity index (χ1) is 10.0. The maximum Gasteiger partial charge on any atom is 0.133 e. The highest BCUT2D eigenvalue weighted by atomic mass is 79.9. The van der Waals surface area contributed by atoms with Crippen LogP contribution in [0.2, 0.25) is 0 Å². The van der Waals surface area contributed by atoms with Crippen LogP contribution in [0.15, 0.2) is 22.7 Å². The lowest BCUT2D eigenvalue weighted by atomic mass is 9.95. The minimum absolute atomic E-state index is 0.00761. The molecule has 0 aliphatic carbocycles. The third kappa shape index (κ3) is 3.92. The standard InChI is InChI=1S/C15H21BrN2OS2/c1-19-13-4-3-11(9-12(13)16)10-18-7-5-15(21-2,6-8-18)14(17)20/h3-4,9H,5-8,10H2,1-2H3,(H2,17,20). The SMILES string of the molecule is COc1ccc(CN2CCC(SC)(C(N)=S)CC2)cc1Br. The molecule has 1 aromatic carbocycles. The second-order valence-corrected chi connectivity index (χ2v) is 7.79. The Morgan fingerprint density at radius 2 is 2.14 bits per heavy atom. The molecule has 0 spiro atoms. The Morgan fingerprint density at radius 3 is 2.62 bits per heavy atom. The van der Waals surface area contributed by atoms with E-state index in [9.17, 15) is 0 Å². The van der Waals surface area contributed by atoms with Gasteiger partial charge in [0, 0.05) is 19.6 Å². The molecule has 1 fully saturated rings. The Kier molecular flexibility index (Phi) is 5.94. The highest BCUT2D eigenvalue weighted by Gasteiger charge is 2.36. The number of ether oxygens (including phenoxy) is 1. The van der Waals surface area contributed by atoms with Crippen LogP contribution in [0, 0.1) is 0 Å². The Hall–Kier alpha value is -0.300. The number of likely N-dealkylation sites (tertiary alicyclic amines) is 1. The molecule has 0 atom stereocenters. The first-order valence-electron chi connectivity index (χ1n) is 6.90. The van der Waals surface area contributed by atoms with Crippen molar-refractivity contribution in [1.29, 1.82) is 0 Å². The predicted molar refractivity (Wildman–Crippen MR) is 98.2 cm³/mol. The summed E-state index contributed by atoms with van der Waals surface area (Å²) in [5.74, 6) is 0.868. The number of rotatable bonds is 5. The molecule has 6 heteroatoms. The Balaban J connectivity index is 1.97. The van der Waals surface area contributed by atoms with Crippen molar-refractivity contribution in [3.05, 3.63) is 28.2 Å². The van der Waals surface area contributed by atoms with E-state index in [1.165, 1.54) is 5.56 Å². The van der Waals surface area contributed by atoms with Gasteiger partial charge in [0.1, 0.15) is 5.75 Å². The molecule has 0 unspecified atom stereocenters. The van der Waals surface area contributed by atoms with Gasteiger partial charge in [0.05, 0.1) is 21.3 Å². The summed E-state index contributed by atoms with van der Waals surface area (Å²) in [6, 6.07) is 6.25. The van der Waals surface area contributed by atoms with Gasteiger partial charge in [-0.05, 0) is 52.7 Å². The van der Waals surface area contributed by atoms with Gasteiger partial charge < -0.3 is 10.5 Å². The van der Waals surface area contributed by atoms with Gasteiger partial charge in [-0.1, -0.05) is 18.3 Å². The number of piperidine rings is 1. The van der Waals surface area contributed by atoms with Crippen LogP contribution in [0.25, 0.3) is 0 Å². The van der Waals surface area contributed by atoms with Crippen LogP contribution in [0.1, 0.15) is 18.4 Å². The molecule has 0 amide bonds. The Bertz CT molecular complexity index is 516. The van der Waals surface area contributed by atoms with Crippen molar-refractivity contribution in [2.45, 2.75) is 24.1 Å². The van der Waals surface area contributed by atoms with E-state index in [1.807, 2.05) is 6.07 Å². The number of hydrogen-bond donors (Lipinski definition) is 1. The molecule has 116 valence electrons. The van der Waals surface area contributed by atoms with Crippen molar-refractivity contribution in [3.63, 3.8) is 0 Å². The Morgan fingerprint density at radius 1 is 1.48 bits per heavy atom. The van der Waals surface area contributed by atoms with Crippen molar-refractivity contribution in [1.82, 2.24) is 4.90 Å². The van der Waals surface area contributed by atoms with E-state index in [4.69, 9.17) is 22.7 Å². The lowest BCUT2D eigenvalue weighted by molar-refractivity contribution is 0.212. The topological polar surface area (TPSA) is 38.5 Å². The molecule has 21 heavy (non-hydrogen) atoms. The van der Waals surface area contributed by atoms with E-state index >= 15 is 0 Å². The average molecular weight is 389 g/mol. The molecule has 3 nitrogen and oxygen atoms in total. The molecule has 1 heterocycles. The van der Waals surface area contributed by atoms with Crippen LogP contribution in [0.5, 0.6) is 5.75 Å². The van der Waals surface area contributed by atoms with E-state index in [0.717, 1.165) is 42.7 Å². The fraction of sp³-hybridized carbons (Fsp3) is 0.533. The number of methoxy groups -OCH3 is 1. The molecule has 1 saturated heterocycles. The normalized spacial score (nSPS) is 18.4. The van der Waals surface area contributed by atoms with Gasteiger partial charge >= 0.3 is 0 Å². The minimum atomic E-state index is -0.00761. The van der Waals surface area contributed by atoms with Gasteiger partial charge in [0.15, 0.2) is 0 Å². The largest absolute Gasteiger partial charge is 0.496 e. The number of hydrogen-bond acceptors (Lipinski definition) is 4. The quantitative estimate of drug-likeness (QED) is 0.781. The van der Waals surface area contributed by atoms with Crippen molar-refractivity contribution in [2.24, 2.45) is 5.73 Å². The summed E-state index contributed by atoms with van der Waals surface area (Å²) in [7, 11) is 1.68. The summed E-state index contributed by atoms with van der Waals surface area (Å²) in [5.41, 5.74) is 7.22. The van der Waals surface area contributed by atoms with Crippen molar-refractivity contribution in [3.8, 4) is 5.75 Å². The zero-order chi connectivity index (χ0) is 15.5. The van der Waals surface area contributed by atoms with E-state index in [1.54, 1.807) is 18.9 Å². The molecule has 0 bridgehead atoms. The average Bonchev–Trinajstić information content (AvgIpc) is 2.48. The predicted octanol–water partition coefficient (Wildman–Crippen LogP) is 3.44. The van der Waals surface area contributed by atoms with Crippen molar-refractivity contribution in [2.75, 3.05) is 26.5 Å². The summed E-state index contributed by atoms with van der Waals surface area (Å²) >= 11 is 10.6.